The molecule has 0 aliphatic rings. The Labute approximate surface area is 78.3 Å². The lowest BCUT2D eigenvalue weighted by Gasteiger charge is -2.19. The molecule has 1 atom stereocenters. The minimum Gasteiger partial charge on any atom is -0.393 e. The van der Waals surface area contributed by atoms with Crippen molar-refractivity contribution in [3.63, 3.8) is 0 Å². The maximum Gasteiger partial charge on any atom is 0.244 e. The summed E-state index contributed by atoms with van der Waals surface area (Å²) in [4.78, 5) is 11.0. The second-order valence-electron chi connectivity index (χ2n) is 3.59. The van der Waals surface area contributed by atoms with Crippen molar-refractivity contribution in [3.05, 3.63) is 11.6 Å². The van der Waals surface area contributed by atoms with Gasteiger partial charge in [-0.2, -0.15) is 0 Å². The van der Waals surface area contributed by atoms with Gasteiger partial charge in [-0.15, -0.1) is 0 Å². The molecule has 0 saturated carbocycles. The topological polar surface area (TPSA) is 69.6 Å². The number of hydrogen-bond donors (Lipinski definition) is 3. The van der Waals surface area contributed by atoms with Crippen LogP contribution in [0.25, 0.3) is 0 Å². The highest BCUT2D eigenvalue weighted by Crippen LogP contribution is 1.98. The van der Waals surface area contributed by atoms with Crippen LogP contribution in [0, 0.1) is 0 Å². The number of allylic oxidation sites excluding steroid dienone is 1. The van der Waals surface area contributed by atoms with Crippen LogP contribution in [0.15, 0.2) is 11.6 Å². The molecule has 0 fully saturated rings. The van der Waals surface area contributed by atoms with Crippen molar-refractivity contribution < 1.29 is 15.0 Å². The molecule has 0 spiro atoms. The van der Waals surface area contributed by atoms with Gasteiger partial charge < -0.3 is 15.5 Å². The summed E-state index contributed by atoms with van der Waals surface area (Å²) in [5.41, 5.74) is -0.355. The third-order valence-electron chi connectivity index (χ3n) is 1.40. The highest BCUT2D eigenvalue weighted by Gasteiger charge is 2.18. The third-order valence-corrected chi connectivity index (χ3v) is 1.40. The van der Waals surface area contributed by atoms with Gasteiger partial charge in [0.05, 0.1) is 6.61 Å². The molecule has 1 amide bonds. The minimum absolute atomic E-state index is 0.0477. The quantitative estimate of drug-likeness (QED) is 0.534. The summed E-state index contributed by atoms with van der Waals surface area (Å²) in [7, 11) is 0. The van der Waals surface area contributed by atoms with E-state index in [4.69, 9.17) is 5.11 Å². The van der Waals surface area contributed by atoms with E-state index in [1.807, 2.05) is 13.8 Å². The standard InChI is InChI=1S/C9H17NO3/c1-7(2)4-8(12)10-5-9(3,13)6-11/h4,11,13H,5-6H2,1-3H3,(H,10,12). The fraction of sp³-hybridized carbons (Fsp3) is 0.667. The average molecular weight is 187 g/mol. The second-order valence-corrected chi connectivity index (χ2v) is 3.59. The molecule has 4 heteroatoms. The number of amides is 1. The molecule has 0 radical (unpaired) electrons. The lowest BCUT2D eigenvalue weighted by Crippen LogP contribution is -2.42. The number of aliphatic hydroxyl groups is 2. The molecule has 13 heavy (non-hydrogen) atoms. The molecule has 1 unspecified atom stereocenters. The Kier molecular flexibility index (Phi) is 4.66. The molecule has 0 bridgehead atoms. The molecule has 0 aromatic rings. The number of hydrogen-bond acceptors (Lipinski definition) is 3. The number of nitrogens with one attached hydrogen (secondary N) is 1. The smallest absolute Gasteiger partial charge is 0.244 e. The van der Waals surface area contributed by atoms with Gasteiger partial charge in [-0.05, 0) is 20.8 Å². The minimum atomic E-state index is -1.24. The lowest BCUT2D eigenvalue weighted by molar-refractivity contribution is -0.118. The first kappa shape index (κ1) is 12.1. The van der Waals surface area contributed by atoms with Gasteiger partial charge in [-0.3, -0.25) is 4.79 Å². The first-order chi connectivity index (χ1) is 5.87. The van der Waals surface area contributed by atoms with Crippen LogP contribution in [0.4, 0.5) is 0 Å². The van der Waals surface area contributed by atoms with Gasteiger partial charge in [0.15, 0.2) is 0 Å². The SMILES string of the molecule is CC(C)=CC(=O)NCC(C)(O)CO. The van der Waals surface area contributed by atoms with Crippen molar-refractivity contribution in [2.45, 2.75) is 26.4 Å². The number of aliphatic hydroxyl groups excluding tert-OH is 1. The fourth-order valence-corrected chi connectivity index (χ4v) is 0.647. The summed E-state index contributed by atoms with van der Waals surface area (Å²) in [6, 6.07) is 0. The van der Waals surface area contributed by atoms with E-state index in [1.165, 1.54) is 13.0 Å². The molecule has 0 aliphatic carbocycles. The molecule has 3 N–H and O–H groups in total. The Morgan fingerprint density at radius 3 is 2.46 bits per heavy atom. The largest absolute Gasteiger partial charge is 0.393 e. The van der Waals surface area contributed by atoms with Crippen LogP contribution in [0.3, 0.4) is 0 Å². The molecular weight excluding hydrogens is 170 g/mol. The highest BCUT2D eigenvalue weighted by atomic mass is 16.3. The van der Waals surface area contributed by atoms with Gasteiger partial charge in [0, 0.05) is 12.6 Å². The van der Waals surface area contributed by atoms with Crippen molar-refractivity contribution in [1.82, 2.24) is 5.32 Å². The average Bonchev–Trinajstić information content (AvgIpc) is 2.00. The van der Waals surface area contributed by atoms with E-state index in [0.29, 0.717) is 0 Å². The summed E-state index contributed by atoms with van der Waals surface area (Å²) in [5, 5.41) is 20.5. The van der Waals surface area contributed by atoms with Crippen LogP contribution < -0.4 is 5.32 Å². The zero-order valence-electron chi connectivity index (χ0n) is 8.29. The van der Waals surface area contributed by atoms with E-state index in [2.05, 4.69) is 5.32 Å². The van der Waals surface area contributed by atoms with Crippen molar-refractivity contribution >= 4 is 5.91 Å². The third kappa shape index (κ3) is 6.31. The van der Waals surface area contributed by atoms with Crippen molar-refractivity contribution in [1.29, 1.82) is 0 Å². The van der Waals surface area contributed by atoms with Crippen LogP contribution in [0.1, 0.15) is 20.8 Å². The molecule has 0 saturated heterocycles. The van der Waals surface area contributed by atoms with Crippen LogP contribution in [0.2, 0.25) is 0 Å². The first-order valence-electron chi connectivity index (χ1n) is 4.13. The van der Waals surface area contributed by atoms with Gasteiger partial charge in [-0.1, -0.05) is 5.57 Å². The Hall–Kier alpha value is -0.870. The predicted octanol–water partition coefficient (Wildman–Crippen LogP) is -0.188. The van der Waals surface area contributed by atoms with E-state index in [-0.39, 0.29) is 19.1 Å². The number of rotatable bonds is 4. The first-order valence-corrected chi connectivity index (χ1v) is 4.13. The van der Waals surface area contributed by atoms with Gasteiger partial charge in [0.25, 0.3) is 0 Å². The van der Waals surface area contributed by atoms with E-state index in [0.717, 1.165) is 5.57 Å². The van der Waals surface area contributed by atoms with E-state index >= 15 is 0 Å². The van der Waals surface area contributed by atoms with E-state index < -0.39 is 5.60 Å². The molecule has 0 aromatic heterocycles. The van der Waals surface area contributed by atoms with Gasteiger partial charge in [0.1, 0.15) is 5.60 Å². The molecule has 0 rings (SSSR count). The number of carbonyl (C=O) groups excluding carboxylic acids is 1. The Balaban J connectivity index is 3.90. The Morgan fingerprint density at radius 2 is 2.08 bits per heavy atom. The van der Waals surface area contributed by atoms with Crippen molar-refractivity contribution in [2.75, 3.05) is 13.2 Å². The molecule has 0 aliphatic heterocycles. The maximum atomic E-state index is 11.0. The van der Waals surface area contributed by atoms with Crippen molar-refractivity contribution in [2.24, 2.45) is 0 Å². The summed E-state index contributed by atoms with van der Waals surface area (Å²) in [6.45, 7) is 4.75. The molecule has 76 valence electrons. The predicted molar refractivity (Wildman–Crippen MR) is 50.2 cm³/mol. The zero-order chi connectivity index (χ0) is 10.5. The molecule has 0 heterocycles. The lowest BCUT2D eigenvalue weighted by atomic mass is 10.1. The van der Waals surface area contributed by atoms with Crippen LogP contribution in [0.5, 0.6) is 0 Å². The zero-order valence-corrected chi connectivity index (χ0v) is 8.29. The molecule has 0 aromatic carbocycles. The fourth-order valence-electron chi connectivity index (χ4n) is 0.647. The Morgan fingerprint density at radius 1 is 1.54 bits per heavy atom. The van der Waals surface area contributed by atoms with Crippen molar-refractivity contribution in [3.8, 4) is 0 Å². The summed E-state index contributed by atoms with van der Waals surface area (Å²) in [5.74, 6) is -0.256. The second kappa shape index (κ2) is 4.99. The van der Waals surface area contributed by atoms with Gasteiger partial charge in [0.2, 0.25) is 5.91 Å². The molecule has 4 nitrogen and oxygen atoms in total. The summed E-state index contributed by atoms with van der Waals surface area (Å²) < 4.78 is 0. The Bertz CT molecular complexity index is 205. The van der Waals surface area contributed by atoms with E-state index in [1.54, 1.807) is 0 Å². The van der Waals surface area contributed by atoms with E-state index in [9.17, 15) is 9.90 Å². The summed E-state index contributed by atoms with van der Waals surface area (Å²) in [6.07, 6.45) is 1.44. The van der Waals surface area contributed by atoms with Crippen LogP contribution in [-0.4, -0.2) is 34.9 Å². The normalized spacial score (nSPS) is 14.5. The van der Waals surface area contributed by atoms with Gasteiger partial charge >= 0.3 is 0 Å². The monoisotopic (exact) mass is 187 g/mol. The molecular formula is C9H17NO3. The highest BCUT2D eigenvalue weighted by molar-refractivity contribution is 5.88. The van der Waals surface area contributed by atoms with Gasteiger partial charge in [-0.25, -0.2) is 0 Å². The number of carbonyl (C=O) groups is 1. The van der Waals surface area contributed by atoms with Crippen LogP contribution in [-0.2, 0) is 4.79 Å². The summed E-state index contributed by atoms with van der Waals surface area (Å²) >= 11 is 0. The van der Waals surface area contributed by atoms with Crippen LogP contribution >= 0.6 is 0 Å². The maximum absolute atomic E-state index is 11.0.